The van der Waals surface area contributed by atoms with E-state index < -0.39 is 15.3 Å². The molecule has 3 N–H and O–H groups in total. The number of hydrogen-bond donors (Lipinski definition) is 3. The standard InChI is InChI=1S/C18H19N7O3S3/c1-3-9-21-17-23-24-18(30-17)29-12(2)15(26)22-13-5-7-14(8-6-13)31(27,28)25-16-19-10-4-11-20-16/h3-8,10-12H,1,9H2,2H3,(H,21,23)(H,22,26)(H,19,20,25). The van der Waals surface area contributed by atoms with Crippen LogP contribution in [0.15, 0.2) is 64.6 Å². The first-order valence-electron chi connectivity index (χ1n) is 8.93. The largest absolute Gasteiger partial charge is 0.357 e. The first-order valence-corrected chi connectivity index (χ1v) is 12.1. The molecule has 1 unspecified atom stereocenters. The highest BCUT2D eigenvalue weighted by molar-refractivity contribution is 8.02. The van der Waals surface area contributed by atoms with Crippen LogP contribution in [0.5, 0.6) is 0 Å². The molecule has 31 heavy (non-hydrogen) atoms. The molecule has 0 spiro atoms. The summed E-state index contributed by atoms with van der Waals surface area (Å²) in [5, 5.41) is 14.1. The van der Waals surface area contributed by atoms with Gasteiger partial charge in [0.15, 0.2) is 4.34 Å². The van der Waals surface area contributed by atoms with Crippen molar-refractivity contribution in [3.05, 3.63) is 55.4 Å². The molecule has 0 aliphatic heterocycles. The normalized spacial score (nSPS) is 12.0. The monoisotopic (exact) mass is 477 g/mol. The van der Waals surface area contributed by atoms with Gasteiger partial charge in [0.2, 0.25) is 17.0 Å². The number of carbonyl (C=O) groups excluding carboxylic acids is 1. The molecule has 0 saturated carbocycles. The van der Waals surface area contributed by atoms with Gasteiger partial charge in [0.25, 0.3) is 10.0 Å². The molecule has 2 aromatic heterocycles. The zero-order chi connectivity index (χ0) is 22.3. The van der Waals surface area contributed by atoms with Crippen LogP contribution < -0.4 is 15.4 Å². The van der Waals surface area contributed by atoms with Gasteiger partial charge < -0.3 is 10.6 Å². The zero-order valence-electron chi connectivity index (χ0n) is 16.3. The van der Waals surface area contributed by atoms with Crippen molar-refractivity contribution in [3.8, 4) is 0 Å². The Hall–Kier alpha value is -3.03. The molecule has 13 heteroatoms. The average molecular weight is 478 g/mol. The fourth-order valence-electron chi connectivity index (χ4n) is 2.19. The number of rotatable bonds is 10. The summed E-state index contributed by atoms with van der Waals surface area (Å²) in [6.45, 7) is 5.95. The summed E-state index contributed by atoms with van der Waals surface area (Å²) in [5.41, 5.74) is 0.470. The van der Waals surface area contributed by atoms with Gasteiger partial charge in [-0.15, -0.1) is 16.8 Å². The smallest absolute Gasteiger partial charge is 0.264 e. The lowest BCUT2D eigenvalue weighted by Gasteiger charge is -2.11. The molecule has 0 saturated heterocycles. The average Bonchev–Trinajstić information content (AvgIpc) is 3.20. The minimum Gasteiger partial charge on any atom is -0.357 e. The van der Waals surface area contributed by atoms with Gasteiger partial charge in [-0.25, -0.2) is 23.1 Å². The highest BCUT2D eigenvalue weighted by Gasteiger charge is 2.19. The van der Waals surface area contributed by atoms with Crippen LogP contribution in [0.4, 0.5) is 16.8 Å². The van der Waals surface area contributed by atoms with Crippen molar-refractivity contribution in [2.45, 2.75) is 21.4 Å². The quantitative estimate of drug-likeness (QED) is 0.297. The van der Waals surface area contributed by atoms with E-state index in [-0.39, 0.29) is 16.8 Å². The van der Waals surface area contributed by atoms with E-state index in [2.05, 4.69) is 42.1 Å². The highest BCUT2D eigenvalue weighted by atomic mass is 32.2. The fourth-order valence-corrected chi connectivity index (χ4v) is 5.05. The number of carbonyl (C=O) groups is 1. The Morgan fingerprint density at radius 1 is 1.23 bits per heavy atom. The summed E-state index contributed by atoms with van der Waals surface area (Å²) < 4.78 is 27.8. The van der Waals surface area contributed by atoms with E-state index in [0.717, 1.165) is 0 Å². The zero-order valence-corrected chi connectivity index (χ0v) is 18.8. The maximum Gasteiger partial charge on any atom is 0.264 e. The molecule has 1 aromatic carbocycles. The lowest BCUT2D eigenvalue weighted by Crippen LogP contribution is -2.22. The van der Waals surface area contributed by atoms with Crippen LogP contribution in [-0.4, -0.2) is 46.3 Å². The number of benzene rings is 1. The van der Waals surface area contributed by atoms with E-state index in [1.165, 1.54) is 59.8 Å². The second kappa shape index (κ2) is 10.3. The van der Waals surface area contributed by atoms with E-state index in [1.54, 1.807) is 19.1 Å². The van der Waals surface area contributed by atoms with Gasteiger partial charge >= 0.3 is 0 Å². The van der Waals surface area contributed by atoms with Crippen molar-refractivity contribution in [1.82, 2.24) is 20.2 Å². The second-order valence-corrected chi connectivity index (χ2v) is 10.2. The Kier molecular flexibility index (Phi) is 7.55. The molecule has 0 aliphatic rings. The molecule has 2 heterocycles. The number of anilines is 3. The predicted octanol–water partition coefficient (Wildman–Crippen LogP) is 2.85. The third-order valence-corrected chi connectivity index (χ3v) is 7.08. The highest BCUT2D eigenvalue weighted by Crippen LogP contribution is 2.29. The lowest BCUT2D eigenvalue weighted by atomic mass is 10.3. The van der Waals surface area contributed by atoms with Crippen molar-refractivity contribution in [1.29, 1.82) is 0 Å². The van der Waals surface area contributed by atoms with Gasteiger partial charge in [-0.3, -0.25) is 4.79 Å². The van der Waals surface area contributed by atoms with Gasteiger partial charge in [-0.1, -0.05) is 29.2 Å². The third-order valence-electron chi connectivity index (χ3n) is 3.67. The van der Waals surface area contributed by atoms with Gasteiger partial charge in [0.05, 0.1) is 10.1 Å². The number of amides is 1. The summed E-state index contributed by atoms with van der Waals surface area (Å²) in [6.07, 6.45) is 4.58. The fraction of sp³-hybridized carbons (Fsp3) is 0.167. The summed E-state index contributed by atoms with van der Waals surface area (Å²) in [6, 6.07) is 7.39. The number of hydrogen-bond acceptors (Lipinski definition) is 10. The van der Waals surface area contributed by atoms with Crippen LogP contribution in [0.25, 0.3) is 0 Å². The van der Waals surface area contributed by atoms with Crippen molar-refractivity contribution in [2.24, 2.45) is 0 Å². The Bertz CT molecular complexity index is 1140. The lowest BCUT2D eigenvalue weighted by molar-refractivity contribution is -0.115. The van der Waals surface area contributed by atoms with E-state index in [9.17, 15) is 13.2 Å². The summed E-state index contributed by atoms with van der Waals surface area (Å²) in [7, 11) is -3.84. The number of nitrogens with one attached hydrogen (secondary N) is 3. The Labute approximate surface area is 187 Å². The number of sulfonamides is 1. The van der Waals surface area contributed by atoms with Gasteiger partial charge in [0, 0.05) is 24.6 Å². The minimum atomic E-state index is -3.84. The Morgan fingerprint density at radius 3 is 2.61 bits per heavy atom. The van der Waals surface area contributed by atoms with E-state index in [1.807, 2.05) is 0 Å². The summed E-state index contributed by atoms with van der Waals surface area (Å²) in [5.74, 6) is -0.266. The van der Waals surface area contributed by atoms with Crippen molar-refractivity contribution >= 4 is 55.8 Å². The first-order chi connectivity index (χ1) is 14.9. The molecular formula is C18H19N7O3S3. The maximum absolute atomic E-state index is 12.5. The van der Waals surface area contributed by atoms with Crippen LogP contribution in [0.1, 0.15) is 6.92 Å². The molecule has 0 aliphatic carbocycles. The van der Waals surface area contributed by atoms with Crippen LogP contribution in [-0.2, 0) is 14.8 Å². The maximum atomic E-state index is 12.5. The van der Waals surface area contributed by atoms with Crippen LogP contribution in [0.2, 0.25) is 0 Å². The van der Waals surface area contributed by atoms with Crippen LogP contribution >= 0.6 is 23.1 Å². The van der Waals surface area contributed by atoms with E-state index in [0.29, 0.717) is 21.7 Å². The predicted molar refractivity (Wildman–Crippen MR) is 122 cm³/mol. The number of thioether (sulfide) groups is 1. The molecule has 1 amide bonds. The molecule has 162 valence electrons. The second-order valence-electron chi connectivity index (χ2n) is 5.99. The van der Waals surface area contributed by atoms with Crippen molar-refractivity contribution in [3.63, 3.8) is 0 Å². The van der Waals surface area contributed by atoms with Crippen molar-refractivity contribution in [2.75, 3.05) is 21.9 Å². The molecule has 10 nitrogen and oxygen atoms in total. The number of nitrogens with zero attached hydrogens (tertiary/aromatic N) is 4. The van der Waals surface area contributed by atoms with Crippen LogP contribution in [0.3, 0.4) is 0 Å². The van der Waals surface area contributed by atoms with Gasteiger partial charge in [-0.2, -0.15) is 0 Å². The van der Waals surface area contributed by atoms with Crippen LogP contribution in [0, 0.1) is 0 Å². The van der Waals surface area contributed by atoms with Crippen molar-refractivity contribution < 1.29 is 13.2 Å². The topological polar surface area (TPSA) is 139 Å². The van der Waals surface area contributed by atoms with E-state index >= 15 is 0 Å². The SMILES string of the molecule is C=CCNc1nnc(SC(C)C(=O)Nc2ccc(S(=O)(=O)Nc3ncccn3)cc2)s1. The minimum absolute atomic E-state index is 0.0220. The van der Waals surface area contributed by atoms with E-state index in [4.69, 9.17) is 0 Å². The van der Waals surface area contributed by atoms with Gasteiger partial charge in [0.1, 0.15) is 0 Å². The molecule has 0 fully saturated rings. The summed E-state index contributed by atoms with van der Waals surface area (Å²) >= 11 is 2.63. The first kappa shape index (κ1) is 22.7. The molecule has 0 radical (unpaired) electrons. The molecule has 1 atom stereocenters. The van der Waals surface area contributed by atoms with Gasteiger partial charge in [-0.05, 0) is 37.3 Å². The molecule has 3 aromatic rings. The third kappa shape index (κ3) is 6.47. The Balaban J connectivity index is 1.57. The molecular weight excluding hydrogens is 458 g/mol. The molecule has 0 bridgehead atoms. The number of aromatic nitrogens is 4. The Morgan fingerprint density at radius 2 is 1.94 bits per heavy atom. The molecule has 3 rings (SSSR count). The summed E-state index contributed by atoms with van der Waals surface area (Å²) in [4.78, 5) is 20.2.